The van der Waals surface area contributed by atoms with Crippen molar-refractivity contribution in [1.29, 1.82) is 0 Å². The minimum absolute atomic E-state index is 0.0687. The molecule has 1 atom stereocenters. The summed E-state index contributed by atoms with van der Waals surface area (Å²) in [5, 5.41) is 0. The van der Waals surface area contributed by atoms with Gasteiger partial charge in [-0.25, -0.2) is 4.79 Å². The van der Waals surface area contributed by atoms with E-state index in [9.17, 15) is 4.79 Å². The molecule has 0 saturated carbocycles. The predicted molar refractivity (Wildman–Crippen MR) is 33.6 cm³/mol. The van der Waals surface area contributed by atoms with Crippen LogP contribution in [-0.4, -0.2) is 36.6 Å². The summed E-state index contributed by atoms with van der Waals surface area (Å²) in [4.78, 5) is 12.1. The van der Waals surface area contributed by atoms with E-state index < -0.39 is 0 Å². The highest BCUT2D eigenvalue weighted by Crippen LogP contribution is 2.09. The van der Waals surface area contributed by atoms with E-state index in [-0.39, 0.29) is 12.1 Å². The van der Waals surface area contributed by atoms with Gasteiger partial charge in [0.05, 0.1) is 6.04 Å². The van der Waals surface area contributed by atoms with Crippen molar-refractivity contribution in [2.24, 2.45) is 0 Å². The highest BCUT2D eigenvalue weighted by Gasteiger charge is 2.28. The molecule has 0 aliphatic carbocycles. The molecule has 1 unspecified atom stereocenters. The summed E-state index contributed by atoms with van der Waals surface area (Å²) < 4.78 is 4.67. The number of rotatable bonds is 1. The van der Waals surface area contributed by atoms with Crippen molar-refractivity contribution in [3.8, 4) is 0 Å². The van der Waals surface area contributed by atoms with Gasteiger partial charge in [0.2, 0.25) is 0 Å². The molecular weight excluding hydrogens is 142 g/mol. The maximum atomic E-state index is 10.6. The molecule has 0 radical (unpaired) electrons. The van der Waals surface area contributed by atoms with Crippen LogP contribution in [-0.2, 0) is 4.74 Å². The summed E-state index contributed by atoms with van der Waals surface area (Å²) >= 11 is 5.49. The van der Waals surface area contributed by atoms with Crippen LogP contribution >= 0.6 is 11.6 Å². The summed E-state index contributed by atoms with van der Waals surface area (Å²) in [6.07, 6.45) is -0.277. The zero-order valence-electron chi connectivity index (χ0n) is 5.13. The molecular formula is C5H8ClNO2. The summed E-state index contributed by atoms with van der Waals surface area (Å²) in [5.74, 6) is 0.447. The molecule has 0 N–H and O–H groups in total. The Morgan fingerprint density at radius 1 is 2.00 bits per heavy atom. The van der Waals surface area contributed by atoms with E-state index in [2.05, 4.69) is 4.74 Å². The average Bonchev–Trinajstić information content (AvgIpc) is 2.15. The molecule has 0 aromatic rings. The van der Waals surface area contributed by atoms with Crippen molar-refractivity contribution >= 4 is 17.7 Å². The Bertz CT molecular complexity index is 128. The molecule has 9 heavy (non-hydrogen) atoms. The number of nitrogens with zero attached hydrogens (tertiary/aromatic N) is 1. The van der Waals surface area contributed by atoms with Gasteiger partial charge in [0.15, 0.2) is 0 Å². The van der Waals surface area contributed by atoms with Gasteiger partial charge in [0.1, 0.15) is 6.61 Å². The summed E-state index contributed by atoms with van der Waals surface area (Å²) in [6.45, 7) is 0.429. The van der Waals surface area contributed by atoms with Crippen LogP contribution in [0.4, 0.5) is 4.79 Å². The van der Waals surface area contributed by atoms with Gasteiger partial charge < -0.3 is 9.64 Å². The molecule has 1 aliphatic rings. The van der Waals surface area contributed by atoms with Crippen LogP contribution in [0.1, 0.15) is 0 Å². The standard InChI is InChI=1S/C5H8ClNO2/c1-7-4(2-6)3-9-5(7)8/h4H,2-3H2,1H3. The van der Waals surface area contributed by atoms with Crippen molar-refractivity contribution in [2.45, 2.75) is 6.04 Å². The molecule has 1 heterocycles. The first-order chi connectivity index (χ1) is 4.25. The molecule has 0 aromatic heterocycles. The number of likely N-dealkylation sites (N-methyl/N-ethyl adjacent to an activating group) is 1. The Balaban J connectivity index is 2.51. The van der Waals surface area contributed by atoms with Crippen LogP contribution in [0.2, 0.25) is 0 Å². The minimum Gasteiger partial charge on any atom is -0.447 e. The first-order valence-corrected chi connectivity index (χ1v) is 3.24. The van der Waals surface area contributed by atoms with Gasteiger partial charge in [-0.05, 0) is 0 Å². The second-order valence-corrected chi connectivity index (χ2v) is 2.30. The first-order valence-electron chi connectivity index (χ1n) is 2.71. The Hall–Kier alpha value is -0.440. The number of amides is 1. The number of alkyl halides is 1. The highest BCUT2D eigenvalue weighted by atomic mass is 35.5. The third kappa shape index (κ3) is 1.10. The van der Waals surface area contributed by atoms with E-state index in [1.807, 2.05) is 0 Å². The maximum Gasteiger partial charge on any atom is 0.409 e. The fourth-order valence-corrected chi connectivity index (χ4v) is 0.974. The number of hydrogen-bond donors (Lipinski definition) is 0. The topological polar surface area (TPSA) is 29.5 Å². The number of carbonyl (C=O) groups excluding carboxylic acids is 1. The first kappa shape index (κ1) is 6.68. The van der Waals surface area contributed by atoms with Crippen molar-refractivity contribution < 1.29 is 9.53 Å². The Kier molecular flexibility index (Phi) is 1.81. The van der Waals surface area contributed by atoms with Crippen molar-refractivity contribution in [3.63, 3.8) is 0 Å². The molecule has 1 amide bonds. The van der Waals surface area contributed by atoms with Crippen molar-refractivity contribution in [2.75, 3.05) is 19.5 Å². The largest absolute Gasteiger partial charge is 0.447 e. The number of cyclic esters (lactones) is 1. The molecule has 0 bridgehead atoms. The number of carbonyl (C=O) groups is 1. The van der Waals surface area contributed by atoms with Crippen LogP contribution in [0.5, 0.6) is 0 Å². The summed E-state index contributed by atoms with van der Waals surface area (Å²) in [6, 6.07) is 0.0687. The minimum atomic E-state index is -0.277. The molecule has 1 saturated heterocycles. The average molecular weight is 150 g/mol. The van der Waals surface area contributed by atoms with Gasteiger partial charge in [0, 0.05) is 12.9 Å². The van der Waals surface area contributed by atoms with Crippen LogP contribution in [0.15, 0.2) is 0 Å². The smallest absolute Gasteiger partial charge is 0.409 e. The molecule has 1 fully saturated rings. The summed E-state index contributed by atoms with van der Waals surface area (Å²) in [5.41, 5.74) is 0. The van der Waals surface area contributed by atoms with Gasteiger partial charge in [-0.2, -0.15) is 0 Å². The Morgan fingerprint density at radius 3 is 2.89 bits per heavy atom. The monoisotopic (exact) mass is 149 g/mol. The molecule has 0 aromatic carbocycles. The Morgan fingerprint density at radius 2 is 2.67 bits per heavy atom. The number of hydrogen-bond acceptors (Lipinski definition) is 2. The van der Waals surface area contributed by atoms with Crippen molar-refractivity contribution in [1.82, 2.24) is 4.90 Å². The predicted octanol–water partition coefficient (Wildman–Crippen LogP) is 0.676. The lowest BCUT2D eigenvalue weighted by Gasteiger charge is -2.11. The quantitative estimate of drug-likeness (QED) is 0.513. The van der Waals surface area contributed by atoms with E-state index in [0.717, 1.165) is 0 Å². The van der Waals surface area contributed by atoms with E-state index in [1.54, 1.807) is 7.05 Å². The lowest BCUT2D eigenvalue weighted by atomic mass is 10.4. The molecule has 1 aliphatic heterocycles. The van der Waals surface area contributed by atoms with Crippen LogP contribution in [0.3, 0.4) is 0 Å². The van der Waals surface area contributed by atoms with Crippen molar-refractivity contribution in [3.05, 3.63) is 0 Å². The second kappa shape index (κ2) is 2.43. The maximum absolute atomic E-state index is 10.6. The lowest BCUT2D eigenvalue weighted by Crippen LogP contribution is -2.30. The third-order valence-electron chi connectivity index (χ3n) is 1.41. The fraction of sp³-hybridized carbons (Fsp3) is 0.800. The van der Waals surface area contributed by atoms with Gasteiger partial charge in [-0.15, -0.1) is 11.6 Å². The van der Waals surface area contributed by atoms with Gasteiger partial charge in [-0.3, -0.25) is 0 Å². The third-order valence-corrected chi connectivity index (χ3v) is 1.77. The van der Waals surface area contributed by atoms with E-state index in [4.69, 9.17) is 11.6 Å². The second-order valence-electron chi connectivity index (χ2n) is 2.00. The zero-order chi connectivity index (χ0) is 6.85. The Labute approximate surface area is 58.5 Å². The van der Waals surface area contributed by atoms with Gasteiger partial charge in [-0.1, -0.05) is 0 Å². The van der Waals surface area contributed by atoms with E-state index >= 15 is 0 Å². The van der Waals surface area contributed by atoms with Gasteiger partial charge >= 0.3 is 6.09 Å². The van der Waals surface area contributed by atoms with Crippen LogP contribution < -0.4 is 0 Å². The highest BCUT2D eigenvalue weighted by molar-refractivity contribution is 6.18. The van der Waals surface area contributed by atoms with E-state index in [1.165, 1.54) is 4.90 Å². The SMILES string of the molecule is CN1C(=O)OCC1CCl. The number of ether oxygens (including phenoxy) is 1. The molecule has 0 spiro atoms. The lowest BCUT2D eigenvalue weighted by molar-refractivity contribution is 0.163. The molecule has 4 heteroatoms. The summed E-state index contributed by atoms with van der Waals surface area (Å²) in [7, 11) is 1.68. The van der Waals surface area contributed by atoms with E-state index in [0.29, 0.717) is 12.5 Å². The van der Waals surface area contributed by atoms with Crippen LogP contribution in [0, 0.1) is 0 Å². The zero-order valence-corrected chi connectivity index (χ0v) is 5.89. The molecule has 3 nitrogen and oxygen atoms in total. The molecule has 1 rings (SSSR count). The number of halogens is 1. The van der Waals surface area contributed by atoms with Crippen LogP contribution in [0.25, 0.3) is 0 Å². The molecule has 52 valence electrons. The fourth-order valence-electron chi connectivity index (χ4n) is 0.678. The van der Waals surface area contributed by atoms with Gasteiger partial charge in [0.25, 0.3) is 0 Å². The normalized spacial score (nSPS) is 26.7.